The first-order valence-corrected chi connectivity index (χ1v) is 9.68. The van der Waals surface area contributed by atoms with Gasteiger partial charge in [0.1, 0.15) is 5.75 Å². The van der Waals surface area contributed by atoms with E-state index in [9.17, 15) is 13.2 Å². The third kappa shape index (κ3) is 5.51. The number of para-hydroxylation sites is 1. The maximum absolute atomic E-state index is 12.4. The Labute approximate surface area is 137 Å². The molecule has 1 heterocycles. The summed E-state index contributed by atoms with van der Waals surface area (Å²) in [5.74, 6) is 0.594. The van der Waals surface area contributed by atoms with Crippen molar-refractivity contribution in [3.8, 4) is 5.75 Å². The molecule has 1 fully saturated rings. The van der Waals surface area contributed by atoms with Gasteiger partial charge in [-0.3, -0.25) is 4.79 Å². The van der Waals surface area contributed by atoms with E-state index < -0.39 is 10.0 Å². The molecule has 1 aromatic carbocycles. The number of ether oxygens (including phenoxy) is 1. The van der Waals surface area contributed by atoms with Crippen LogP contribution in [0.3, 0.4) is 0 Å². The number of nitrogens with zero attached hydrogens (tertiary/aromatic N) is 1. The molecule has 0 bridgehead atoms. The fraction of sp³-hybridized carbons (Fsp3) is 0.562. The Kier molecular flexibility index (Phi) is 6.01. The van der Waals surface area contributed by atoms with Gasteiger partial charge in [0.2, 0.25) is 10.0 Å². The molecule has 23 heavy (non-hydrogen) atoms. The summed E-state index contributed by atoms with van der Waals surface area (Å²) in [4.78, 5) is 14.2. The fourth-order valence-electron chi connectivity index (χ4n) is 2.73. The van der Waals surface area contributed by atoms with Crippen molar-refractivity contribution < 1.29 is 17.9 Å². The van der Waals surface area contributed by atoms with E-state index in [2.05, 4.69) is 4.72 Å². The highest BCUT2D eigenvalue weighted by Crippen LogP contribution is 2.19. The molecule has 2 rings (SSSR count). The van der Waals surface area contributed by atoms with Crippen molar-refractivity contribution >= 4 is 15.9 Å². The molecule has 0 unspecified atom stereocenters. The second-order valence-corrected chi connectivity index (χ2v) is 7.74. The highest BCUT2D eigenvalue weighted by molar-refractivity contribution is 7.88. The van der Waals surface area contributed by atoms with E-state index in [-0.39, 0.29) is 25.1 Å². The second kappa shape index (κ2) is 7.79. The average molecular weight is 340 g/mol. The number of nitrogens with one attached hydrogen (secondary N) is 1. The van der Waals surface area contributed by atoms with Gasteiger partial charge in [-0.2, -0.15) is 0 Å². The number of aryl methyl sites for hydroxylation is 1. The van der Waals surface area contributed by atoms with E-state index in [1.165, 1.54) is 0 Å². The number of sulfonamides is 1. The molecular formula is C16H24N2O4S. The van der Waals surface area contributed by atoms with Crippen LogP contribution in [-0.2, 0) is 14.8 Å². The van der Waals surface area contributed by atoms with Crippen molar-refractivity contribution in [3.05, 3.63) is 29.8 Å². The van der Waals surface area contributed by atoms with E-state index >= 15 is 0 Å². The van der Waals surface area contributed by atoms with Crippen LogP contribution < -0.4 is 9.46 Å². The van der Waals surface area contributed by atoms with Gasteiger partial charge in [-0.25, -0.2) is 13.1 Å². The molecule has 128 valence electrons. The van der Waals surface area contributed by atoms with Crippen LogP contribution in [0, 0.1) is 6.92 Å². The van der Waals surface area contributed by atoms with Gasteiger partial charge in [-0.1, -0.05) is 18.2 Å². The van der Waals surface area contributed by atoms with E-state index in [1.807, 2.05) is 31.2 Å². The average Bonchev–Trinajstić information content (AvgIpc) is 2.51. The summed E-state index contributed by atoms with van der Waals surface area (Å²) in [5, 5.41) is 0. The normalized spacial score (nSPS) is 18.7. The van der Waals surface area contributed by atoms with Crippen molar-refractivity contribution in [1.29, 1.82) is 0 Å². The standard InChI is InChI=1S/C16H24N2O4S/c1-13-7-3-4-9-15(13)22-12-16(19)18-10-6-5-8-14(18)11-17-23(2,20)21/h3-4,7,9,14,17H,5-6,8,10-12H2,1-2H3/t14-/m0/s1. The third-order valence-corrected chi connectivity index (χ3v) is 4.66. The second-order valence-electron chi connectivity index (χ2n) is 5.91. The van der Waals surface area contributed by atoms with Crippen LogP contribution in [0.25, 0.3) is 0 Å². The number of amides is 1. The number of carbonyl (C=O) groups is 1. The molecule has 0 radical (unpaired) electrons. The van der Waals surface area contributed by atoms with Crippen LogP contribution in [0.4, 0.5) is 0 Å². The summed E-state index contributed by atoms with van der Waals surface area (Å²) in [6.45, 7) is 2.81. The van der Waals surface area contributed by atoms with E-state index in [4.69, 9.17) is 4.74 Å². The molecule has 1 aliphatic rings. The number of rotatable bonds is 6. The Hall–Kier alpha value is -1.60. The first-order chi connectivity index (χ1) is 10.9. The van der Waals surface area contributed by atoms with Crippen LogP contribution in [-0.4, -0.2) is 51.2 Å². The lowest BCUT2D eigenvalue weighted by molar-refractivity contribution is -0.136. The summed E-state index contributed by atoms with van der Waals surface area (Å²) in [6.07, 6.45) is 3.87. The van der Waals surface area contributed by atoms with Gasteiger partial charge in [0.05, 0.1) is 6.26 Å². The molecule has 1 amide bonds. The van der Waals surface area contributed by atoms with Crippen LogP contribution in [0.1, 0.15) is 24.8 Å². The Balaban J connectivity index is 1.94. The molecule has 1 atom stereocenters. The molecule has 1 aromatic rings. The third-order valence-electron chi connectivity index (χ3n) is 3.97. The molecule has 0 saturated carbocycles. The molecule has 0 aliphatic carbocycles. The highest BCUT2D eigenvalue weighted by atomic mass is 32.2. The van der Waals surface area contributed by atoms with E-state index in [0.29, 0.717) is 12.3 Å². The number of piperidine rings is 1. The quantitative estimate of drug-likeness (QED) is 0.847. The molecule has 0 aromatic heterocycles. The van der Waals surface area contributed by atoms with Crippen molar-refractivity contribution in [1.82, 2.24) is 9.62 Å². The number of benzene rings is 1. The number of hydrogen-bond donors (Lipinski definition) is 1. The Morgan fingerprint density at radius 1 is 1.35 bits per heavy atom. The zero-order valence-electron chi connectivity index (χ0n) is 13.6. The van der Waals surface area contributed by atoms with Crippen LogP contribution >= 0.6 is 0 Å². The summed E-state index contributed by atoms with van der Waals surface area (Å²) in [6, 6.07) is 7.45. The van der Waals surface area contributed by atoms with Crippen molar-refractivity contribution in [3.63, 3.8) is 0 Å². The smallest absolute Gasteiger partial charge is 0.260 e. The monoisotopic (exact) mass is 340 g/mol. The van der Waals surface area contributed by atoms with Crippen molar-refractivity contribution in [2.75, 3.05) is 26.0 Å². The zero-order chi connectivity index (χ0) is 16.9. The first kappa shape index (κ1) is 17.7. The minimum atomic E-state index is -3.25. The molecule has 7 heteroatoms. The van der Waals surface area contributed by atoms with Gasteiger partial charge in [-0.05, 0) is 37.8 Å². The minimum Gasteiger partial charge on any atom is -0.484 e. The number of likely N-dealkylation sites (tertiary alicyclic amines) is 1. The summed E-state index contributed by atoms with van der Waals surface area (Å²) < 4.78 is 30.6. The largest absolute Gasteiger partial charge is 0.484 e. The van der Waals surface area contributed by atoms with Gasteiger partial charge in [0.25, 0.3) is 5.91 Å². The van der Waals surface area contributed by atoms with E-state index in [1.54, 1.807) is 4.90 Å². The predicted molar refractivity (Wildman–Crippen MR) is 88.9 cm³/mol. The SMILES string of the molecule is Cc1ccccc1OCC(=O)N1CCCC[C@H]1CNS(C)(=O)=O. The predicted octanol–water partition coefficient (Wildman–Crippen LogP) is 1.30. The zero-order valence-corrected chi connectivity index (χ0v) is 14.4. The van der Waals surface area contributed by atoms with Gasteiger partial charge in [-0.15, -0.1) is 0 Å². The van der Waals surface area contributed by atoms with Crippen LogP contribution in [0.5, 0.6) is 5.75 Å². The lowest BCUT2D eigenvalue weighted by atomic mass is 10.0. The van der Waals surface area contributed by atoms with Crippen molar-refractivity contribution in [2.45, 2.75) is 32.2 Å². The Bertz CT molecular complexity index is 645. The maximum Gasteiger partial charge on any atom is 0.260 e. The van der Waals surface area contributed by atoms with E-state index in [0.717, 1.165) is 31.1 Å². The number of carbonyl (C=O) groups excluding carboxylic acids is 1. The lowest BCUT2D eigenvalue weighted by Gasteiger charge is -2.35. The highest BCUT2D eigenvalue weighted by Gasteiger charge is 2.27. The lowest BCUT2D eigenvalue weighted by Crippen LogP contribution is -2.50. The van der Waals surface area contributed by atoms with Crippen LogP contribution in [0.2, 0.25) is 0 Å². The Morgan fingerprint density at radius 2 is 2.09 bits per heavy atom. The summed E-state index contributed by atoms with van der Waals surface area (Å²) in [7, 11) is -3.25. The first-order valence-electron chi connectivity index (χ1n) is 7.79. The number of hydrogen-bond acceptors (Lipinski definition) is 4. The van der Waals surface area contributed by atoms with Gasteiger partial charge >= 0.3 is 0 Å². The molecule has 1 saturated heterocycles. The maximum atomic E-state index is 12.4. The summed E-state index contributed by atoms with van der Waals surface area (Å²) in [5.41, 5.74) is 0.981. The van der Waals surface area contributed by atoms with Crippen LogP contribution in [0.15, 0.2) is 24.3 Å². The molecular weight excluding hydrogens is 316 g/mol. The molecule has 1 aliphatic heterocycles. The summed E-state index contributed by atoms with van der Waals surface area (Å²) >= 11 is 0. The molecule has 1 N–H and O–H groups in total. The van der Waals surface area contributed by atoms with Gasteiger partial charge in [0, 0.05) is 19.1 Å². The van der Waals surface area contributed by atoms with Crippen molar-refractivity contribution in [2.24, 2.45) is 0 Å². The van der Waals surface area contributed by atoms with Gasteiger partial charge in [0.15, 0.2) is 6.61 Å². The van der Waals surface area contributed by atoms with Gasteiger partial charge < -0.3 is 9.64 Å². The molecule has 0 spiro atoms. The topological polar surface area (TPSA) is 75.7 Å². The minimum absolute atomic E-state index is 0.0276. The fourth-order valence-corrected chi connectivity index (χ4v) is 3.22. The Morgan fingerprint density at radius 3 is 2.78 bits per heavy atom. The molecule has 6 nitrogen and oxygen atoms in total.